The molecule has 5 rings (SSSR count). The number of carbonyl (C=O) groups excluding carboxylic acids is 2. The van der Waals surface area contributed by atoms with Crippen LogP contribution in [0.2, 0.25) is 0 Å². The van der Waals surface area contributed by atoms with Crippen LogP contribution in [0.15, 0.2) is 36.7 Å². The van der Waals surface area contributed by atoms with Crippen molar-refractivity contribution in [3.63, 3.8) is 0 Å². The number of nitrogens with zero attached hydrogens (tertiary/aromatic N) is 3. The van der Waals surface area contributed by atoms with Gasteiger partial charge in [-0.3, -0.25) is 10.4 Å². The number of aromatic nitrogens is 4. The maximum Gasteiger partial charge on any atom is 0.416 e. The zero-order chi connectivity index (χ0) is 29.0. The molecule has 41 heavy (non-hydrogen) atoms. The number of alkyl halides is 3. The maximum absolute atomic E-state index is 14.0. The Labute approximate surface area is 234 Å². The summed E-state index contributed by atoms with van der Waals surface area (Å²) in [7, 11) is 0. The Morgan fingerprint density at radius 2 is 1.93 bits per heavy atom. The van der Waals surface area contributed by atoms with E-state index in [2.05, 4.69) is 41.4 Å². The summed E-state index contributed by atoms with van der Waals surface area (Å²) in [4.78, 5) is 33.8. The first-order valence-electron chi connectivity index (χ1n) is 12.6. The van der Waals surface area contributed by atoms with E-state index < -0.39 is 35.4 Å². The number of amides is 3. The van der Waals surface area contributed by atoms with Gasteiger partial charge in [0.15, 0.2) is 10.8 Å². The Bertz CT molecular complexity index is 1550. The molecule has 0 spiro atoms. The molecule has 0 bridgehead atoms. The van der Waals surface area contributed by atoms with E-state index in [0.717, 1.165) is 43.7 Å². The molecule has 1 saturated heterocycles. The molecule has 4 aromatic rings. The van der Waals surface area contributed by atoms with Gasteiger partial charge in [0.1, 0.15) is 11.6 Å². The van der Waals surface area contributed by atoms with Crippen molar-refractivity contribution in [3.8, 4) is 16.3 Å². The van der Waals surface area contributed by atoms with Crippen LogP contribution in [0, 0.1) is 11.7 Å². The maximum atomic E-state index is 14.0. The van der Waals surface area contributed by atoms with Crippen LogP contribution in [0.5, 0.6) is 5.75 Å². The minimum atomic E-state index is -4.70. The Balaban J connectivity index is 1.24. The number of hydrogen-bond acceptors (Lipinski definition) is 8. The minimum Gasteiger partial charge on any atom is -0.409 e. The summed E-state index contributed by atoms with van der Waals surface area (Å²) in [5.41, 5.74) is -1.05. The normalized spacial score (nSPS) is 14.1. The fourth-order valence-corrected chi connectivity index (χ4v) is 5.07. The largest absolute Gasteiger partial charge is 0.416 e. The van der Waals surface area contributed by atoms with Crippen LogP contribution in [0.25, 0.3) is 21.6 Å². The smallest absolute Gasteiger partial charge is 0.409 e. The monoisotopic (exact) mass is 592 g/mol. The average Bonchev–Trinajstić information content (AvgIpc) is 3.60. The van der Waals surface area contributed by atoms with E-state index in [-0.39, 0.29) is 10.9 Å². The first kappa shape index (κ1) is 28.2. The number of hydrogen-bond donors (Lipinski definition) is 5. The van der Waals surface area contributed by atoms with Crippen molar-refractivity contribution < 1.29 is 31.9 Å². The molecule has 16 heteroatoms. The summed E-state index contributed by atoms with van der Waals surface area (Å²) in [5, 5.41) is 17.7. The number of rotatable bonds is 7. The Hall–Kier alpha value is -4.31. The number of piperidine rings is 1. The molecule has 4 heterocycles. The first-order valence-corrected chi connectivity index (χ1v) is 13.4. The summed E-state index contributed by atoms with van der Waals surface area (Å²) in [6.45, 7) is 2.43. The van der Waals surface area contributed by atoms with Crippen LogP contribution >= 0.6 is 11.3 Å². The number of urea groups is 1. The summed E-state index contributed by atoms with van der Waals surface area (Å²) in [6, 6.07) is 2.22. The van der Waals surface area contributed by atoms with E-state index in [9.17, 15) is 27.2 Å². The number of H-pyrrole nitrogens is 1. The molecular weight excluding hydrogens is 568 g/mol. The average molecular weight is 593 g/mol. The van der Waals surface area contributed by atoms with Gasteiger partial charge in [-0.05, 0) is 56.5 Å². The predicted molar refractivity (Wildman–Crippen MR) is 143 cm³/mol. The second-order valence-corrected chi connectivity index (χ2v) is 10.3. The molecule has 5 N–H and O–H groups in total. The topological polar surface area (TPSA) is 146 Å². The number of anilines is 2. The van der Waals surface area contributed by atoms with Gasteiger partial charge in [0.25, 0.3) is 0 Å². The molecule has 1 fully saturated rings. The standard InChI is InChI=1S/C25H24F4N8O3S/c26-16-2-1-14(25(27,28)29)9-17(16)35-22(38)36-23-32-12-20(41-23)18-10-19(15-11-33-37-21(15)34-18)40-24(39)31-8-5-13-3-6-30-7-4-13/h1-2,9-13,30H,3-8H2,(H,31,39)(H,33,34,37)(H2,32,35,36,38). The van der Waals surface area contributed by atoms with E-state index in [1.54, 1.807) is 0 Å². The minimum absolute atomic E-state index is 0.0644. The van der Waals surface area contributed by atoms with Crippen LogP contribution in [-0.4, -0.2) is 51.9 Å². The van der Waals surface area contributed by atoms with Crippen molar-refractivity contribution in [3.05, 3.63) is 48.0 Å². The molecule has 0 saturated carbocycles. The highest BCUT2D eigenvalue weighted by atomic mass is 32.1. The second kappa shape index (κ2) is 12.1. The number of aromatic amines is 1. The molecule has 0 aliphatic carbocycles. The molecule has 1 aliphatic rings. The Morgan fingerprint density at radius 3 is 2.71 bits per heavy atom. The number of benzene rings is 1. The number of pyridine rings is 1. The van der Waals surface area contributed by atoms with Crippen molar-refractivity contribution in [2.75, 3.05) is 30.3 Å². The number of carbonyl (C=O) groups is 2. The number of nitrogens with one attached hydrogen (secondary N) is 5. The first-order chi connectivity index (χ1) is 19.7. The van der Waals surface area contributed by atoms with E-state index in [0.29, 0.717) is 52.3 Å². The lowest BCUT2D eigenvalue weighted by Crippen LogP contribution is -2.32. The third-order valence-electron chi connectivity index (χ3n) is 6.39. The van der Waals surface area contributed by atoms with Gasteiger partial charge in [0.05, 0.1) is 33.4 Å². The van der Waals surface area contributed by atoms with Gasteiger partial charge < -0.3 is 20.7 Å². The third kappa shape index (κ3) is 7.07. The van der Waals surface area contributed by atoms with Crippen molar-refractivity contribution in [2.24, 2.45) is 5.92 Å². The fourth-order valence-electron chi connectivity index (χ4n) is 4.29. The lowest BCUT2D eigenvalue weighted by Gasteiger charge is -2.22. The highest BCUT2D eigenvalue weighted by Gasteiger charge is 2.31. The molecule has 11 nitrogen and oxygen atoms in total. The van der Waals surface area contributed by atoms with E-state index in [1.165, 1.54) is 18.5 Å². The van der Waals surface area contributed by atoms with Crippen molar-refractivity contribution in [1.29, 1.82) is 0 Å². The molecule has 0 radical (unpaired) electrons. The summed E-state index contributed by atoms with van der Waals surface area (Å²) in [5.74, 6) is -0.281. The quantitative estimate of drug-likeness (QED) is 0.182. The lowest BCUT2D eigenvalue weighted by molar-refractivity contribution is -0.137. The zero-order valence-corrected chi connectivity index (χ0v) is 22.1. The van der Waals surface area contributed by atoms with Crippen molar-refractivity contribution in [2.45, 2.75) is 25.4 Å². The summed E-state index contributed by atoms with van der Waals surface area (Å²) in [6.07, 6.45) is 0.529. The van der Waals surface area contributed by atoms with E-state index >= 15 is 0 Å². The summed E-state index contributed by atoms with van der Waals surface area (Å²) < 4.78 is 58.4. The number of fused-ring (bicyclic) bond motifs is 1. The predicted octanol–water partition coefficient (Wildman–Crippen LogP) is 5.36. The second-order valence-electron chi connectivity index (χ2n) is 9.24. The molecule has 216 valence electrons. The molecule has 1 aliphatic heterocycles. The number of thiazole rings is 1. The van der Waals surface area contributed by atoms with Gasteiger partial charge in [-0.15, -0.1) is 0 Å². The molecule has 0 atom stereocenters. The number of ether oxygens (including phenoxy) is 1. The zero-order valence-electron chi connectivity index (χ0n) is 21.3. The van der Waals surface area contributed by atoms with Gasteiger partial charge in [0.2, 0.25) is 0 Å². The van der Waals surface area contributed by atoms with Crippen molar-refractivity contribution in [1.82, 2.24) is 30.8 Å². The van der Waals surface area contributed by atoms with Crippen molar-refractivity contribution >= 4 is 45.3 Å². The van der Waals surface area contributed by atoms with Gasteiger partial charge in [-0.1, -0.05) is 11.3 Å². The van der Waals surface area contributed by atoms with Gasteiger partial charge in [0, 0.05) is 18.8 Å². The molecular formula is C25H24F4N8O3S. The van der Waals surface area contributed by atoms with Crippen LogP contribution in [-0.2, 0) is 6.18 Å². The van der Waals surface area contributed by atoms with Crippen LogP contribution in [0.3, 0.4) is 0 Å². The highest BCUT2D eigenvalue weighted by Crippen LogP contribution is 2.34. The van der Waals surface area contributed by atoms with Crippen LogP contribution in [0.1, 0.15) is 24.8 Å². The van der Waals surface area contributed by atoms with Gasteiger partial charge in [-0.25, -0.2) is 23.9 Å². The van der Waals surface area contributed by atoms with Crippen LogP contribution in [0.4, 0.5) is 38.0 Å². The third-order valence-corrected chi connectivity index (χ3v) is 7.32. The molecule has 3 aromatic heterocycles. The summed E-state index contributed by atoms with van der Waals surface area (Å²) >= 11 is 0.990. The van der Waals surface area contributed by atoms with E-state index in [1.807, 2.05) is 0 Å². The Morgan fingerprint density at radius 1 is 1.12 bits per heavy atom. The van der Waals surface area contributed by atoms with E-state index in [4.69, 9.17) is 4.74 Å². The SMILES string of the molecule is O=C(Nc1ncc(-c2cc(OC(=O)NCCC3CCNCC3)c3cn[nH]c3n2)s1)Nc1cc(C(F)(F)F)ccc1F. The highest BCUT2D eigenvalue weighted by molar-refractivity contribution is 7.19. The van der Waals surface area contributed by atoms with Gasteiger partial charge in [-0.2, -0.15) is 18.3 Å². The molecule has 3 amide bonds. The molecule has 0 unspecified atom stereocenters. The molecule has 1 aromatic carbocycles. The lowest BCUT2D eigenvalue weighted by atomic mass is 9.95. The number of halogens is 4. The van der Waals surface area contributed by atoms with Crippen LogP contribution < -0.4 is 26.0 Å². The Kier molecular flexibility index (Phi) is 8.30. The van der Waals surface area contributed by atoms with Gasteiger partial charge >= 0.3 is 18.3 Å². The fraction of sp³-hybridized carbons (Fsp3) is 0.320.